The fourth-order valence-electron chi connectivity index (χ4n) is 3.02. The van der Waals surface area contributed by atoms with Crippen molar-refractivity contribution in [2.75, 3.05) is 12.4 Å². The van der Waals surface area contributed by atoms with Crippen LogP contribution in [0.5, 0.6) is 5.75 Å². The van der Waals surface area contributed by atoms with Crippen molar-refractivity contribution in [3.05, 3.63) is 66.0 Å². The van der Waals surface area contributed by atoms with Crippen molar-refractivity contribution >= 4 is 32.4 Å². The lowest BCUT2D eigenvalue weighted by molar-refractivity contribution is 0.413. The molecule has 2 aromatic carbocycles. The molecule has 4 aromatic rings. The van der Waals surface area contributed by atoms with Crippen LogP contribution in [0.3, 0.4) is 0 Å². The third-order valence-electron chi connectivity index (χ3n) is 4.14. The number of nitrogens with zero attached hydrogens (tertiary/aromatic N) is 2. The maximum atomic E-state index is 5.27. The number of rotatable bonds is 4. The van der Waals surface area contributed by atoms with E-state index in [2.05, 4.69) is 54.5 Å². The Morgan fingerprint density at radius 1 is 0.923 bits per heavy atom. The van der Waals surface area contributed by atoms with Crippen molar-refractivity contribution < 1.29 is 4.74 Å². The van der Waals surface area contributed by atoms with Gasteiger partial charge in [0.05, 0.1) is 23.5 Å². The van der Waals surface area contributed by atoms with Gasteiger partial charge in [0.2, 0.25) is 0 Å². The molecule has 0 aliphatic heterocycles. The molecule has 130 valence electrons. The van der Waals surface area contributed by atoms with Gasteiger partial charge in [0.1, 0.15) is 5.75 Å². The smallest absolute Gasteiger partial charge is 0.188 e. The normalized spacial score (nSPS) is 10.9. The van der Waals surface area contributed by atoms with E-state index in [4.69, 9.17) is 9.72 Å². The first-order valence-electron chi connectivity index (χ1n) is 8.36. The van der Waals surface area contributed by atoms with Crippen molar-refractivity contribution in [2.24, 2.45) is 0 Å². The molecule has 0 unspecified atom stereocenters. The third-order valence-corrected chi connectivity index (χ3v) is 5.08. The largest absolute Gasteiger partial charge is 0.495 e. The van der Waals surface area contributed by atoms with E-state index in [1.165, 1.54) is 11.1 Å². The topological polar surface area (TPSA) is 47.0 Å². The molecule has 4 nitrogen and oxygen atoms in total. The maximum absolute atomic E-state index is 5.27. The zero-order chi connectivity index (χ0) is 18.1. The molecule has 0 amide bonds. The second-order valence-electron chi connectivity index (χ2n) is 6.32. The first kappa shape index (κ1) is 16.5. The summed E-state index contributed by atoms with van der Waals surface area (Å²) in [5.74, 6) is 0.754. The summed E-state index contributed by atoms with van der Waals surface area (Å²) in [5, 5.41) is 4.32. The molecule has 0 atom stereocenters. The lowest BCUT2D eigenvalue weighted by Crippen LogP contribution is -1.90. The summed E-state index contributed by atoms with van der Waals surface area (Å²) in [4.78, 5) is 8.94. The molecule has 0 bridgehead atoms. The third kappa shape index (κ3) is 3.39. The molecule has 0 aliphatic rings. The minimum absolute atomic E-state index is 0.754. The van der Waals surface area contributed by atoms with E-state index in [9.17, 15) is 0 Å². The summed E-state index contributed by atoms with van der Waals surface area (Å²) >= 11 is 1.65. The molecule has 1 N–H and O–H groups in total. The quantitative estimate of drug-likeness (QED) is 0.504. The number of aromatic nitrogens is 2. The van der Waals surface area contributed by atoms with Gasteiger partial charge in [-0.3, -0.25) is 4.98 Å². The summed E-state index contributed by atoms with van der Waals surface area (Å²) in [6, 6.07) is 14.7. The number of benzene rings is 2. The Bertz CT molecular complexity index is 1070. The van der Waals surface area contributed by atoms with E-state index < -0.39 is 0 Å². The van der Waals surface area contributed by atoms with Crippen molar-refractivity contribution in [3.63, 3.8) is 0 Å². The minimum Gasteiger partial charge on any atom is -0.495 e. The summed E-state index contributed by atoms with van der Waals surface area (Å²) in [5.41, 5.74) is 6.66. The van der Waals surface area contributed by atoms with E-state index in [0.717, 1.165) is 37.9 Å². The monoisotopic (exact) mass is 361 g/mol. The zero-order valence-electron chi connectivity index (χ0n) is 14.9. The van der Waals surface area contributed by atoms with Gasteiger partial charge in [-0.2, -0.15) is 0 Å². The number of hydrogen-bond acceptors (Lipinski definition) is 5. The molecule has 0 spiro atoms. The van der Waals surface area contributed by atoms with Crippen LogP contribution in [-0.2, 0) is 0 Å². The summed E-state index contributed by atoms with van der Waals surface area (Å²) in [6.07, 6.45) is 3.56. The highest BCUT2D eigenvalue weighted by Gasteiger charge is 2.08. The van der Waals surface area contributed by atoms with Crippen LogP contribution in [-0.4, -0.2) is 17.1 Å². The van der Waals surface area contributed by atoms with Gasteiger partial charge >= 0.3 is 0 Å². The van der Waals surface area contributed by atoms with E-state index in [1.807, 2.05) is 18.3 Å². The Morgan fingerprint density at radius 2 is 1.73 bits per heavy atom. The van der Waals surface area contributed by atoms with Gasteiger partial charge in [-0.15, -0.1) is 0 Å². The molecule has 2 heterocycles. The van der Waals surface area contributed by atoms with Crippen LogP contribution in [0.4, 0.5) is 10.8 Å². The van der Waals surface area contributed by atoms with Crippen LogP contribution in [0.25, 0.3) is 21.3 Å². The summed E-state index contributed by atoms with van der Waals surface area (Å²) < 4.78 is 6.41. The molecule has 0 radical (unpaired) electrons. The van der Waals surface area contributed by atoms with E-state index in [1.54, 1.807) is 24.6 Å². The van der Waals surface area contributed by atoms with Crippen molar-refractivity contribution in [2.45, 2.75) is 13.8 Å². The molecule has 0 fully saturated rings. The molecule has 5 heteroatoms. The van der Waals surface area contributed by atoms with Crippen molar-refractivity contribution in [1.82, 2.24) is 9.97 Å². The van der Waals surface area contributed by atoms with Gasteiger partial charge in [0.15, 0.2) is 5.13 Å². The van der Waals surface area contributed by atoms with Gasteiger partial charge < -0.3 is 10.1 Å². The Morgan fingerprint density at radius 3 is 2.50 bits per heavy atom. The van der Waals surface area contributed by atoms with E-state index >= 15 is 0 Å². The molecular formula is C21H19N3OS. The number of thiazole rings is 1. The molecular weight excluding hydrogens is 342 g/mol. The molecule has 26 heavy (non-hydrogen) atoms. The molecule has 2 aromatic heterocycles. The van der Waals surface area contributed by atoms with Crippen LogP contribution in [0.2, 0.25) is 0 Å². The van der Waals surface area contributed by atoms with Gasteiger partial charge in [0, 0.05) is 17.4 Å². The second-order valence-corrected chi connectivity index (χ2v) is 7.35. The van der Waals surface area contributed by atoms with Gasteiger partial charge in [-0.05, 0) is 60.9 Å². The van der Waals surface area contributed by atoms with Gasteiger partial charge in [-0.25, -0.2) is 4.98 Å². The lowest BCUT2D eigenvalue weighted by Gasteiger charge is -2.05. The molecule has 0 saturated carbocycles. The minimum atomic E-state index is 0.754. The van der Waals surface area contributed by atoms with E-state index in [0.29, 0.717) is 0 Å². The predicted molar refractivity (Wildman–Crippen MR) is 109 cm³/mol. The summed E-state index contributed by atoms with van der Waals surface area (Å²) in [7, 11) is 1.65. The van der Waals surface area contributed by atoms with E-state index in [-0.39, 0.29) is 0 Å². The number of methoxy groups -OCH3 is 1. The first-order chi connectivity index (χ1) is 12.6. The number of anilines is 2. The number of aryl methyl sites for hydroxylation is 2. The first-order valence-corrected chi connectivity index (χ1v) is 9.18. The highest BCUT2D eigenvalue weighted by molar-refractivity contribution is 7.22. The Kier molecular flexibility index (Phi) is 4.31. The standard InChI is InChI=1S/C21H19N3OS/c1-13-6-14(2)8-17(7-13)23-21-24-19-5-4-15(10-20(19)26-21)16-9-18(25-3)12-22-11-16/h4-12H,1-3H3,(H,23,24). The highest BCUT2D eigenvalue weighted by Crippen LogP contribution is 2.32. The van der Waals surface area contributed by atoms with Gasteiger partial charge in [0.25, 0.3) is 0 Å². The van der Waals surface area contributed by atoms with Crippen LogP contribution in [0.1, 0.15) is 11.1 Å². The molecule has 0 saturated heterocycles. The van der Waals surface area contributed by atoms with Crippen LogP contribution in [0, 0.1) is 13.8 Å². The zero-order valence-corrected chi connectivity index (χ0v) is 15.7. The average molecular weight is 361 g/mol. The van der Waals surface area contributed by atoms with Gasteiger partial charge in [-0.1, -0.05) is 23.5 Å². The number of nitrogens with one attached hydrogen (secondary N) is 1. The SMILES string of the molecule is COc1cncc(-c2ccc3nc(Nc4cc(C)cc(C)c4)sc3c2)c1. The average Bonchev–Trinajstić information content (AvgIpc) is 3.02. The number of hydrogen-bond donors (Lipinski definition) is 1. The van der Waals surface area contributed by atoms with Crippen LogP contribution < -0.4 is 10.1 Å². The molecule has 4 rings (SSSR count). The van der Waals surface area contributed by atoms with Crippen molar-refractivity contribution in [3.8, 4) is 16.9 Å². The Labute approximate surface area is 156 Å². The predicted octanol–water partition coefficient (Wildman–Crippen LogP) is 5.73. The fraction of sp³-hybridized carbons (Fsp3) is 0.143. The Hall–Kier alpha value is -2.92. The molecule has 0 aliphatic carbocycles. The number of fused-ring (bicyclic) bond motifs is 1. The number of pyridine rings is 1. The lowest BCUT2D eigenvalue weighted by atomic mass is 10.1. The van der Waals surface area contributed by atoms with Crippen LogP contribution in [0.15, 0.2) is 54.9 Å². The fourth-order valence-corrected chi connectivity index (χ4v) is 3.94. The highest BCUT2D eigenvalue weighted by atomic mass is 32.1. The number of ether oxygens (including phenoxy) is 1. The van der Waals surface area contributed by atoms with Crippen LogP contribution >= 0.6 is 11.3 Å². The van der Waals surface area contributed by atoms with Crippen molar-refractivity contribution in [1.29, 1.82) is 0 Å². The second kappa shape index (κ2) is 6.77. The summed E-state index contributed by atoms with van der Waals surface area (Å²) in [6.45, 7) is 4.20. The Balaban J connectivity index is 1.67. The maximum Gasteiger partial charge on any atom is 0.188 e.